The molecule has 0 spiro atoms. The number of phosphoric acid groups is 1. The first kappa shape index (κ1) is 74.4. The van der Waals surface area contributed by atoms with E-state index in [1.54, 1.807) is 0 Å². The van der Waals surface area contributed by atoms with E-state index in [9.17, 15) is 28.9 Å². The van der Waals surface area contributed by atoms with Gasteiger partial charge < -0.3 is 24.2 Å². The van der Waals surface area contributed by atoms with Gasteiger partial charge >= 0.3 is 25.7 Å². The van der Waals surface area contributed by atoms with Gasteiger partial charge in [0.2, 0.25) is 0 Å². The Hall–Kier alpha value is -3.60. The molecule has 78 heavy (non-hydrogen) atoms. The fourth-order valence-corrected chi connectivity index (χ4v) is 9.01. The first-order valence-corrected chi connectivity index (χ1v) is 32.6. The number of phosphoric ester groups is 1. The van der Waals surface area contributed by atoms with E-state index in [1.807, 2.05) is 0 Å². The summed E-state index contributed by atoms with van der Waals surface area (Å²) in [6.45, 7) is 4.45. The minimum Gasteiger partial charge on any atom is -0.462 e. The molecule has 12 heteroatoms. The van der Waals surface area contributed by atoms with Gasteiger partial charge in [0.25, 0.3) is 0 Å². The largest absolute Gasteiger partial charge is 0.472 e. The highest BCUT2D eigenvalue weighted by Gasteiger charge is 2.28. The maximum atomic E-state index is 12.9. The molecule has 0 aromatic heterocycles. The molecule has 0 aromatic carbocycles. The summed E-state index contributed by atoms with van der Waals surface area (Å²) in [5, 5.41) is 9.83. The third-order valence-corrected chi connectivity index (χ3v) is 13.9. The Kier molecular flexibility index (Phi) is 56.8. The van der Waals surface area contributed by atoms with Gasteiger partial charge in [-0.15, -0.1) is 0 Å². The highest BCUT2D eigenvalue weighted by molar-refractivity contribution is 7.47. The van der Waals surface area contributed by atoms with E-state index in [2.05, 4.69) is 118 Å². The molecule has 11 nitrogen and oxygen atoms in total. The molecular formula is C66H113O11P. The molecule has 0 heterocycles. The zero-order chi connectivity index (χ0) is 56.9. The number of hydrogen-bond acceptors (Lipinski definition) is 10. The van der Waals surface area contributed by atoms with Gasteiger partial charge in [0.1, 0.15) is 12.7 Å². The van der Waals surface area contributed by atoms with Crippen LogP contribution in [-0.4, -0.2) is 66.5 Å². The summed E-state index contributed by atoms with van der Waals surface area (Å²) in [4.78, 5) is 48.7. The first-order valence-electron chi connectivity index (χ1n) is 31.1. The van der Waals surface area contributed by atoms with E-state index in [0.29, 0.717) is 19.3 Å². The number of hydrogen-bond donors (Lipinski definition) is 2. The fraction of sp³-hybridized carbons (Fsp3) is 0.712. The summed E-state index contributed by atoms with van der Waals surface area (Å²) in [5.74, 6) is -1.52. The second kappa shape index (κ2) is 59.5. The summed E-state index contributed by atoms with van der Waals surface area (Å²) in [7, 11) is -4.77. The van der Waals surface area contributed by atoms with Gasteiger partial charge in [-0.1, -0.05) is 221 Å². The Morgan fingerprint density at radius 3 is 1.08 bits per heavy atom. The number of allylic oxidation sites excluding steroid dienone is 16. The predicted octanol–water partition coefficient (Wildman–Crippen LogP) is 18.8. The summed E-state index contributed by atoms with van der Waals surface area (Å²) >= 11 is 0. The van der Waals surface area contributed by atoms with E-state index < -0.39 is 57.8 Å². The zero-order valence-corrected chi connectivity index (χ0v) is 50.5. The molecule has 448 valence electrons. The summed E-state index contributed by atoms with van der Waals surface area (Å²) in [5.41, 5.74) is 0. The van der Waals surface area contributed by atoms with Crippen LogP contribution < -0.4 is 0 Å². The maximum absolute atomic E-state index is 12.9. The zero-order valence-electron chi connectivity index (χ0n) is 49.6. The molecule has 0 saturated carbocycles. The summed E-state index contributed by atoms with van der Waals surface area (Å²) in [6, 6.07) is 0. The second-order valence-electron chi connectivity index (χ2n) is 20.5. The quantitative estimate of drug-likeness (QED) is 0.0197. The number of aliphatic hydroxyl groups excluding tert-OH is 1. The lowest BCUT2D eigenvalue weighted by Crippen LogP contribution is -2.30. The Labute approximate surface area is 476 Å². The number of unbranched alkanes of at least 4 members (excludes halogenated alkanes) is 24. The number of carbonyl (C=O) groups is 3. The van der Waals surface area contributed by atoms with Crippen LogP contribution in [0, 0.1) is 0 Å². The summed E-state index contributed by atoms with van der Waals surface area (Å²) in [6.07, 6.45) is 70.7. The maximum Gasteiger partial charge on any atom is 0.472 e. The highest BCUT2D eigenvalue weighted by atomic mass is 31.2. The van der Waals surface area contributed by atoms with Crippen LogP contribution in [0.5, 0.6) is 0 Å². The monoisotopic (exact) mass is 1110 g/mol. The van der Waals surface area contributed by atoms with Crippen molar-refractivity contribution in [3.63, 3.8) is 0 Å². The molecule has 0 saturated heterocycles. The normalized spacial score (nSPS) is 14.0. The molecule has 0 aliphatic heterocycles. The van der Waals surface area contributed by atoms with Crippen LogP contribution in [-0.2, 0) is 42.2 Å². The Morgan fingerprint density at radius 1 is 0.372 bits per heavy atom. The lowest BCUT2D eigenvalue weighted by atomic mass is 10.1. The third-order valence-electron chi connectivity index (χ3n) is 13.0. The standard InChI is InChI=1S/C66H113O11P/c1-4-7-10-13-16-19-22-25-27-29-31-33-35-38-40-43-46-49-52-55-64(68)73-59-63(77-66(70)57-54-51-48-45-42-39-36-34-32-30-28-26-23-20-17-14-11-8-5-2)61-75-78(71,72)74-60-62(58-67)76-65(69)56-53-50-47-44-41-37-24-21-18-15-12-9-6-3/h8,11,16-17,19-21,24-28,32,34,39,42,62-63,67H,4-7,9-10,12-15,18,22-23,29-31,33,35-38,40-41,43-61H2,1-3H3,(H,71,72)/b11-8-,19-16-,20-17-,24-21-,27-25-,28-26-,34-32-,42-39-. The van der Waals surface area contributed by atoms with Crippen LogP contribution in [0.4, 0.5) is 0 Å². The van der Waals surface area contributed by atoms with Crippen LogP contribution in [0.1, 0.15) is 265 Å². The minimum absolute atomic E-state index is 0.124. The van der Waals surface area contributed by atoms with Crippen molar-refractivity contribution in [3.8, 4) is 0 Å². The van der Waals surface area contributed by atoms with Crippen molar-refractivity contribution in [1.82, 2.24) is 0 Å². The SMILES string of the molecule is CC/C=C\C/C=C\C/C=C\C/C=C\C/C=C\CCCCCC(=O)OC(COC(=O)CCCCCCCCCCC/C=C\C/C=C\CCCCC)COP(=O)(O)OCC(CO)OC(=O)CCCCCCC/C=C\CCCCCC. The lowest BCUT2D eigenvalue weighted by Gasteiger charge is -2.21. The van der Waals surface area contributed by atoms with Crippen LogP contribution in [0.15, 0.2) is 97.2 Å². The molecule has 2 N–H and O–H groups in total. The fourth-order valence-electron chi connectivity index (χ4n) is 8.23. The van der Waals surface area contributed by atoms with Crippen molar-refractivity contribution in [2.45, 2.75) is 277 Å². The van der Waals surface area contributed by atoms with Gasteiger partial charge in [0, 0.05) is 19.3 Å². The van der Waals surface area contributed by atoms with Gasteiger partial charge in [-0.25, -0.2) is 4.57 Å². The van der Waals surface area contributed by atoms with Crippen molar-refractivity contribution in [3.05, 3.63) is 97.2 Å². The lowest BCUT2D eigenvalue weighted by molar-refractivity contribution is -0.161. The number of aliphatic hydroxyl groups is 1. The van der Waals surface area contributed by atoms with E-state index in [0.717, 1.165) is 122 Å². The molecule has 0 aromatic rings. The van der Waals surface area contributed by atoms with Crippen molar-refractivity contribution < 1.29 is 52.2 Å². The van der Waals surface area contributed by atoms with E-state index in [-0.39, 0.29) is 25.9 Å². The van der Waals surface area contributed by atoms with Crippen molar-refractivity contribution >= 4 is 25.7 Å². The van der Waals surface area contributed by atoms with Crippen LogP contribution in [0.3, 0.4) is 0 Å². The average molecular weight is 1110 g/mol. The van der Waals surface area contributed by atoms with Crippen LogP contribution in [0.25, 0.3) is 0 Å². The second-order valence-corrected chi connectivity index (χ2v) is 21.9. The Bertz CT molecular complexity index is 1680. The minimum atomic E-state index is -4.77. The van der Waals surface area contributed by atoms with Crippen molar-refractivity contribution in [2.75, 3.05) is 26.4 Å². The molecule has 0 fully saturated rings. The van der Waals surface area contributed by atoms with Crippen LogP contribution >= 0.6 is 7.82 Å². The Morgan fingerprint density at radius 2 is 0.667 bits per heavy atom. The van der Waals surface area contributed by atoms with Gasteiger partial charge in [-0.05, 0) is 122 Å². The number of rotatable bonds is 57. The molecular weight excluding hydrogens is 1000 g/mol. The molecule has 3 atom stereocenters. The molecule has 0 aliphatic carbocycles. The molecule has 3 unspecified atom stereocenters. The van der Waals surface area contributed by atoms with Gasteiger partial charge in [-0.2, -0.15) is 0 Å². The molecule has 0 aliphatic rings. The first-order chi connectivity index (χ1) is 38.2. The van der Waals surface area contributed by atoms with E-state index >= 15 is 0 Å². The molecule has 0 radical (unpaired) electrons. The number of esters is 3. The van der Waals surface area contributed by atoms with E-state index in [1.165, 1.54) is 83.5 Å². The van der Waals surface area contributed by atoms with Crippen molar-refractivity contribution in [1.29, 1.82) is 0 Å². The highest BCUT2D eigenvalue weighted by Crippen LogP contribution is 2.43. The van der Waals surface area contributed by atoms with Gasteiger partial charge in [-0.3, -0.25) is 23.4 Å². The predicted molar refractivity (Wildman–Crippen MR) is 325 cm³/mol. The smallest absolute Gasteiger partial charge is 0.462 e. The van der Waals surface area contributed by atoms with E-state index in [4.69, 9.17) is 23.3 Å². The van der Waals surface area contributed by atoms with Gasteiger partial charge in [0.15, 0.2) is 6.10 Å². The number of ether oxygens (including phenoxy) is 3. The summed E-state index contributed by atoms with van der Waals surface area (Å²) < 4.78 is 39.6. The molecule has 0 amide bonds. The van der Waals surface area contributed by atoms with Crippen LogP contribution in [0.2, 0.25) is 0 Å². The Balaban J connectivity index is 4.79. The van der Waals surface area contributed by atoms with Gasteiger partial charge in [0.05, 0.1) is 19.8 Å². The third kappa shape index (κ3) is 57.1. The number of carbonyl (C=O) groups excluding carboxylic acids is 3. The molecule has 0 bridgehead atoms. The topological polar surface area (TPSA) is 155 Å². The molecule has 0 rings (SSSR count). The average Bonchev–Trinajstić information content (AvgIpc) is 3.43. The van der Waals surface area contributed by atoms with Crippen molar-refractivity contribution in [2.24, 2.45) is 0 Å².